The van der Waals surface area contributed by atoms with E-state index >= 15 is 0 Å². The van der Waals surface area contributed by atoms with Crippen LogP contribution in [0.15, 0.2) is 35.7 Å². The van der Waals surface area contributed by atoms with Gasteiger partial charge >= 0.3 is 5.97 Å². The molecule has 8 heteroatoms. The van der Waals surface area contributed by atoms with E-state index in [1.54, 1.807) is 23.6 Å². The maximum atomic E-state index is 11.9. The molecule has 0 aliphatic rings. The van der Waals surface area contributed by atoms with E-state index in [4.69, 9.17) is 11.6 Å². The number of nitrogens with one attached hydrogen (secondary N) is 2. The van der Waals surface area contributed by atoms with Crippen LogP contribution < -0.4 is 10.6 Å². The number of benzene rings is 1. The zero-order chi connectivity index (χ0) is 17.5. The number of halogens is 1. The van der Waals surface area contributed by atoms with Crippen molar-refractivity contribution < 1.29 is 19.1 Å². The molecule has 2 rings (SSSR count). The number of rotatable bonds is 6. The van der Waals surface area contributed by atoms with Crippen LogP contribution in [-0.2, 0) is 9.53 Å². The van der Waals surface area contributed by atoms with Gasteiger partial charge < -0.3 is 15.4 Å². The number of thiophene rings is 1. The van der Waals surface area contributed by atoms with Crippen molar-refractivity contribution in [2.45, 2.75) is 6.42 Å². The Balaban J connectivity index is 1.86. The summed E-state index contributed by atoms with van der Waals surface area (Å²) in [5, 5.41) is 7.35. The van der Waals surface area contributed by atoms with Crippen LogP contribution in [0, 0.1) is 0 Å². The van der Waals surface area contributed by atoms with Gasteiger partial charge in [0, 0.05) is 18.7 Å². The van der Waals surface area contributed by atoms with Gasteiger partial charge in [0.15, 0.2) is 0 Å². The van der Waals surface area contributed by atoms with Crippen molar-refractivity contribution in [3.05, 3.63) is 51.2 Å². The van der Waals surface area contributed by atoms with E-state index in [-0.39, 0.29) is 35.4 Å². The molecule has 0 spiro atoms. The maximum absolute atomic E-state index is 11.9. The third-order valence-corrected chi connectivity index (χ3v) is 4.24. The molecule has 126 valence electrons. The number of amides is 2. The molecule has 24 heavy (non-hydrogen) atoms. The molecule has 2 aromatic rings. The first kappa shape index (κ1) is 18.0. The Hall–Kier alpha value is -2.38. The largest absolute Gasteiger partial charge is 0.465 e. The molecule has 6 nitrogen and oxygen atoms in total. The molecule has 0 fully saturated rings. The SMILES string of the molecule is COC(=O)c1cc(NC(=O)CCNC(=O)c2cccs2)ccc1Cl. The molecule has 2 amide bonds. The summed E-state index contributed by atoms with van der Waals surface area (Å²) in [6, 6.07) is 8.02. The summed E-state index contributed by atoms with van der Waals surface area (Å²) in [7, 11) is 1.25. The van der Waals surface area contributed by atoms with Crippen molar-refractivity contribution in [2.24, 2.45) is 0 Å². The minimum Gasteiger partial charge on any atom is -0.465 e. The predicted molar refractivity (Wildman–Crippen MR) is 92.7 cm³/mol. The Morgan fingerprint density at radius 3 is 2.71 bits per heavy atom. The zero-order valence-corrected chi connectivity index (χ0v) is 14.4. The first-order chi connectivity index (χ1) is 11.5. The predicted octanol–water partition coefficient (Wildman–Crippen LogP) is 2.95. The highest BCUT2D eigenvalue weighted by atomic mass is 35.5. The first-order valence-electron chi connectivity index (χ1n) is 7.00. The van der Waals surface area contributed by atoms with Crippen LogP contribution in [0.25, 0.3) is 0 Å². The Morgan fingerprint density at radius 1 is 1.25 bits per heavy atom. The summed E-state index contributed by atoms with van der Waals surface area (Å²) in [5.41, 5.74) is 0.595. The molecule has 0 aliphatic carbocycles. The average molecular weight is 367 g/mol. The second kappa shape index (κ2) is 8.47. The number of hydrogen-bond donors (Lipinski definition) is 2. The smallest absolute Gasteiger partial charge is 0.339 e. The molecule has 0 saturated carbocycles. The van der Waals surface area contributed by atoms with Gasteiger partial charge in [0.05, 0.1) is 22.6 Å². The van der Waals surface area contributed by atoms with Crippen molar-refractivity contribution in [3.8, 4) is 0 Å². The van der Waals surface area contributed by atoms with Crippen LogP contribution in [0.4, 0.5) is 5.69 Å². The van der Waals surface area contributed by atoms with Gasteiger partial charge in [-0.2, -0.15) is 0 Å². The number of anilines is 1. The van der Waals surface area contributed by atoms with E-state index in [9.17, 15) is 14.4 Å². The molecule has 0 radical (unpaired) electrons. The van der Waals surface area contributed by atoms with E-state index in [0.29, 0.717) is 10.6 Å². The lowest BCUT2D eigenvalue weighted by molar-refractivity contribution is -0.116. The van der Waals surface area contributed by atoms with Gasteiger partial charge in [-0.3, -0.25) is 9.59 Å². The third kappa shape index (κ3) is 4.81. The maximum Gasteiger partial charge on any atom is 0.339 e. The molecule has 1 aromatic heterocycles. The molecule has 0 aliphatic heterocycles. The number of ether oxygens (including phenoxy) is 1. The van der Waals surface area contributed by atoms with Crippen LogP contribution >= 0.6 is 22.9 Å². The fourth-order valence-electron chi connectivity index (χ4n) is 1.88. The number of methoxy groups -OCH3 is 1. The summed E-state index contributed by atoms with van der Waals surface area (Å²) in [6.07, 6.45) is 0.104. The minimum absolute atomic E-state index is 0.104. The summed E-state index contributed by atoms with van der Waals surface area (Å²) in [4.78, 5) is 35.8. The lowest BCUT2D eigenvalue weighted by Crippen LogP contribution is -2.27. The zero-order valence-electron chi connectivity index (χ0n) is 12.8. The van der Waals surface area contributed by atoms with Gasteiger partial charge in [0.25, 0.3) is 5.91 Å². The van der Waals surface area contributed by atoms with Gasteiger partial charge in [-0.25, -0.2) is 4.79 Å². The van der Waals surface area contributed by atoms with E-state index in [1.165, 1.54) is 30.6 Å². The Bertz CT molecular complexity index is 747. The van der Waals surface area contributed by atoms with Gasteiger partial charge in [-0.15, -0.1) is 11.3 Å². The van der Waals surface area contributed by atoms with E-state index in [1.807, 2.05) is 0 Å². The Morgan fingerprint density at radius 2 is 2.04 bits per heavy atom. The Kier molecular flexibility index (Phi) is 6.34. The molecule has 0 bridgehead atoms. The summed E-state index contributed by atoms with van der Waals surface area (Å²) >= 11 is 7.25. The van der Waals surface area contributed by atoms with Crippen LogP contribution in [0.1, 0.15) is 26.5 Å². The summed E-state index contributed by atoms with van der Waals surface area (Å²) in [6.45, 7) is 0.208. The van der Waals surface area contributed by atoms with Gasteiger partial charge in [-0.05, 0) is 29.6 Å². The second-order valence-corrected chi connectivity index (χ2v) is 6.07. The molecule has 1 aromatic carbocycles. The van der Waals surface area contributed by atoms with Crippen molar-refractivity contribution in [2.75, 3.05) is 19.0 Å². The topological polar surface area (TPSA) is 84.5 Å². The minimum atomic E-state index is -0.584. The van der Waals surface area contributed by atoms with E-state index in [2.05, 4.69) is 15.4 Å². The van der Waals surface area contributed by atoms with Crippen molar-refractivity contribution in [1.82, 2.24) is 5.32 Å². The third-order valence-electron chi connectivity index (χ3n) is 3.04. The molecule has 0 saturated heterocycles. The van der Waals surface area contributed by atoms with Crippen LogP contribution in [0.2, 0.25) is 5.02 Å². The highest BCUT2D eigenvalue weighted by molar-refractivity contribution is 7.12. The highest BCUT2D eigenvalue weighted by Gasteiger charge is 2.13. The molecular formula is C16H15ClN2O4S. The molecule has 0 atom stereocenters. The van der Waals surface area contributed by atoms with Crippen LogP contribution in [0.5, 0.6) is 0 Å². The lowest BCUT2D eigenvalue weighted by atomic mass is 10.2. The molecular weight excluding hydrogens is 352 g/mol. The molecule has 2 N–H and O–H groups in total. The number of carbonyl (C=O) groups excluding carboxylic acids is 3. The number of hydrogen-bond acceptors (Lipinski definition) is 5. The Labute approximate surface area is 147 Å². The van der Waals surface area contributed by atoms with Crippen molar-refractivity contribution in [3.63, 3.8) is 0 Å². The molecule has 1 heterocycles. The highest BCUT2D eigenvalue weighted by Crippen LogP contribution is 2.21. The van der Waals surface area contributed by atoms with Gasteiger partial charge in [0.1, 0.15) is 0 Å². The van der Waals surface area contributed by atoms with Gasteiger partial charge in [0.2, 0.25) is 5.91 Å². The van der Waals surface area contributed by atoms with Crippen molar-refractivity contribution >= 4 is 46.4 Å². The van der Waals surface area contributed by atoms with Crippen LogP contribution in [0.3, 0.4) is 0 Å². The summed E-state index contributed by atoms with van der Waals surface area (Å²) < 4.78 is 4.62. The second-order valence-electron chi connectivity index (χ2n) is 4.72. The quantitative estimate of drug-likeness (QED) is 0.770. The number of esters is 1. The number of carbonyl (C=O) groups is 3. The van der Waals surface area contributed by atoms with E-state index < -0.39 is 5.97 Å². The van der Waals surface area contributed by atoms with Crippen molar-refractivity contribution in [1.29, 1.82) is 0 Å². The molecule has 0 unspecified atom stereocenters. The monoisotopic (exact) mass is 366 g/mol. The fourth-order valence-corrected chi connectivity index (χ4v) is 2.71. The lowest BCUT2D eigenvalue weighted by Gasteiger charge is -2.08. The average Bonchev–Trinajstić information content (AvgIpc) is 3.10. The first-order valence-corrected chi connectivity index (χ1v) is 8.26. The van der Waals surface area contributed by atoms with Crippen LogP contribution in [-0.4, -0.2) is 31.4 Å². The van der Waals surface area contributed by atoms with Gasteiger partial charge in [-0.1, -0.05) is 17.7 Å². The van der Waals surface area contributed by atoms with E-state index in [0.717, 1.165) is 0 Å². The summed E-state index contributed by atoms with van der Waals surface area (Å²) in [5.74, 6) is -1.09. The normalized spacial score (nSPS) is 10.1. The fraction of sp³-hybridized carbons (Fsp3) is 0.188. The standard InChI is InChI=1S/C16H15ClN2O4S/c1-23-16(22)11-9-10(4-5-12(11)17)19-14(20)6-7-18-15(21)13-3-2-8-24-13/h2-5,8-9H,6-7H2,1H3,(H,18,21)(H,19,20).